The summed E-state index contributed by atoms with van der Waals surface area (Å²) in [6.45, 7) is 6.31. The smallest absolute Gasteiger partial charge is 0.258 e. The minimum Gasteiger partial charge on any atom is -0.436 e. The highest BCUT2D eigenvalue weighted by molar-refractivity contribution is 5.34. The van der Waals surface area contributed by atoms with Crippen LogP contribution < -0.4 is 4.74 Å². The molecule has 0 fully saturated rings. The minimum absolute atomic E-state index is 0.0179. The SMILES string of the molecule is CCC(C)(C)c1ccc(Oc2nc(F)c(F)cc2F)cc1. The lowest BCUT2D eigenvalue weighted by Crippen LogP contribution is -2.14. The molecular weight excluding hydrogens is 279 g/mol. The van der Waals surface area contributed by atoms with E-state index < -0.39 is 23.5 Å². The van der Waals surface area contributed by atoms with Gasteiger partial charge in [0.2, 0.25) is 0 Å². The Hall–Kier alpha value is -2.04. The third-order valence-corrected chi connectivity index (χ3v) is 3.59. The van der Waals surface area contributed by atoms with Crippen LogP contribution in [-0.2, 0) is 5.41 Å². The molecule has 0 unspecified atom stereocenters. The highest BCUT2D eigenvalue weighted by Crippen LogP contribution is 2.30. The van der Waals surface area contributed by atoms with Gasteiger partial charge < -0.3 is 4.74 Å². The van der Waals surface area contributed by atoms with Crippen LogP contribution in [-0.4, -0.2) is 4.98 Å². The van der Waals surface area contributed by atoms with Crippen molar-refractivity contribution in [2.24, 2.45) is 0 Å². The molecule has 5 heteroatoms. The molecule has 2 rings (SSSR count). The van der Waals surface area contributed by atoms with E-state index in [-0.39, 0.29) is 5.41 Å². The predicted molar refractivity (Wildman–Crippen MR) is 73.9 cm³/mol. The summed E-state index contributed by atoms with van der Waals surface area (Å²) >= 11 is 0. The molecule has 1 aromatic carbocycles. The van der Waals surface area contributed by atoms with Gasteiger partial charge in [-0.05, 0) is 29.5 Å². The van der Waals surface area contributed by atoms with Crippen molar-refractivity contribution < 1.29 is 17.9 Å². The van der Waals surface area contributed by atoms with Crippen molar-refractivity contribution in [3.8, 4) is 11.6 Å². The molecule has 0 aliphatic heterocycles. The van der Waals surface area contributed by atoms with Gasteiger partial charge in [-0.2, -0.15) is 9.37 Å². The molecule has 0 atom stereocenters. The maximum absolute atomic E-state index is 13.4. The van der Waals surface area contributed by atoms with Gasteiger partial charge in [0.15, 0.2) is 11.6 Å². The highest BCUT2D eigenvalue weighted by atomic mass is 19.2. The first-order chi connectivity index (χ1) is 9.83. The predicted octanol–water partition coefficient (Wildman–Crippen LogP) is 4.98. The summed E-state index contributed by atoms with van der Waals surface area (Å²) in [7, 11) is 0. The van der Waals surface area contributed by atoms with Crippen LogP contribution in [0.1, 0.15) is 32.8 Å². The van der Waals surface area contributed by atoms with Crippen molar-refractivity contribution in [3.05, 3.63) is 53.5 Å². The molecule has 2 nitrogen and oxygen atoms in total. The van der Waals surface area contributed by atoms with Crippen molar-refractivity contribution >= 4 is 0 Å². The molecule has 0 saturated heterocycles. The highest BCUT2D eigenvalue weighted by Gasteiger charge is 2.18. The van der Waals surface area contributed by atoms with E-state index in [4.69, 9.17) is 4.74 Å². The molecule has 0 radical (unpaired) electrons. The van der Waals surface area contributed by atoms with Crippen molar-refractivity contribution in [1.82, 2.24) is 4.98 Å². The standard InChI is InChI=1S/C16H16F3NO/c1-4-16(2,3)10-5-7-11(8-6-10)21-15-13(18)9-12(17)14(19)20-15/h5-9H,4H2,1-3H3. The first-order valence-electron chi connectivity index (χ1n) is 6.63. The van der Waals surface area contributed by atoms with Crippen molar-refractivity contribution in [2.75, 3.05) is 0 Å². The molecule has 1 aromatic heterocycles. The lowest BCUT2D eigenvalue weighted by molar-refractivity contribution is 0.386. The zero-order chi connectivity index (χ0) is 15.6. The van der Waals surface area contributed by atoms with E-state index in [0.717, 1.165) is 12.0 Å². The Morgan fingerprint density at radius 3 is 2.24 bits per heavy atom. The van der Waals surface area contributed by atoms with Gasteiger partial charge in [0.05, 0.1) is 0 Å². The Balaban J connectivity index is 2.23. The van der Waals surface area contributed by atoms with E-state index in [2.05, 4.69) is 25.8 Å². The molecule has 0 amide bonds. The van der Waals surface area contributed by atoms with Crippen molar-refractivity contribution in [2.45, 2.75) is 32.6 Å². The first-order valence-corrected chi connectivity index (χ1v) is 6.63. The number of benzene rings is 1. The maximum Gasteiger partial charge on any atom is 0.258 e. The fourth-order valence-corrected chi connectivity index (χ4v) is 1.79. The van der Waals surface area contributed by atoms with Crippen LogP contribution in [0.3, 0.4) is 0 Å². The van der Waals surface area contributed by atoms with E-state index in [1.54, 1.807) is 12.1 Å². The van der Waals surface area contributed by atoms with Crippen LogP contribution in [0.4, 0.5) is 13.2 Å². The van der Waals surface area contributed by atoms with Gasteiger partial charge in [0, 0.05) is 6.07 Å². The summed E-state index contributed by atoms with van der Waals surface area (Å²) in [5.41, 5.74) is 1.13. The third kappa shape index (κ3) is 3.35. The Labute approximate surface area is 121 Å². The Morgan fingerprint density at radius 1 is 1.05 bits per heavy atom. The summed E-state index contributed by atoms with van der Waals surface area (Å²) in [6.07, 6.45) is 0.965. The number of hydrogen-bond acceptors (Lipinski definition) is 2. The third-order valence-electron chi connectivity index (χ3n) is 3.59. The monoisotopic (exact) mass is 295 g/mol. The van der Waals surface area contributed by atoms with Gasteiger partial charge in [0.1, 0.15) is 5.75 Å². The summed E-state index contributed by atoms with van der Waals surface area (Å²) in [6, 6.07) is 7.42. The lowest BCUT2D eigenvalue weighted by Gasteiger charge is -2.23. The first kappa shape index (κ1) is 15.4. The van der Waals surface area contributed by atoms with Crippen molar-refractivity contribution in [1.29, 1.82) is 0 Å². The zero-order valence-corrected chi connectivity index (χ0v) is 12.1. The molecule has 112 valence electrons. The van der Waals surface area contributed by atoms with Gasteiger partial charge >= 0.3 is 0 Å². The van der Waals surface area contributed by atoms with E-state index in [9.17, 15) is 13.2 Å². The number of nitrogens with zero attached hydrogens (tertiary/aromatic N) is 1. The van der Waals surface area contributed by atoms with Crippen LogP contribution in [0.15, 0.2) is 30.3 Å². The largest absolute Gasteiger partial charge is 0.436 e. The second-order valence-electron chi connectivity index (χ2n) is 5.41. The number of rotatable bonds is 4. The number of aromatic nitrogens is 1. The summed E-state index contributed by atoms with van der Waals surface area (Å²) in [5, 5.41) is 0. The van der Waals surface area contributed by atoms with Gasteiger partial charge in [-0.25, -0.2) is 8.78 Å². The molecule has 2 aromatic rings. The molecule has 0 bridgehead atoms. The lowest BCUT2D eigenvalue weighted by atomic mass is 9.82. The normalized spacial score (nSPS) is 11.5. The molecule has 0 aliphatic rings. The quantitative estimate of drug-likeness (QED) is 0.742. The Bertz CT molecular complexity index is 639. The number of halogens is 3. The summed E-state index contributed by atoms with van der Waals surface area (Å²) in [4.78, 5) is 3.12. The topological polar surface area (TPSA) is 22.1 Å². The fraction of sp³-hybridized carbons (Fsp3) is 0.312. The average Bonchev–Trinajstić information content (AvgIpc) is 2.45. The summed E-state index contributed by atoms with van der Waals surface area (Å²) < 4.78 is 44.4. The molecular formula is C16H16F3NO. The fourth-order valence-electron chi connectivity index (χ4n) is 1.79. The number of hydrogen-bond donors (Lipinski definition) is 0. The second-order valence-corrected chi connectivity index (χ2v) is 5.41. The van der Waals surface area contributed by atoms with Crippen molar-refractivity contribution in [3.63, 3.8) is 0 Å². The molecule has 21 heavy (non-hydrogen) atoms. The molecule has 0 aliphatic carbocycles. The van der Waals surface area contributed by atoms with Gasteiger partial charge in [-0.1, -0.05) is 32.9 Å². The average molecular weight is 295 g/mol. The van der Waals surface area contributed by atoms with E-state index in [1.165, 1.54) is 0 Å². The van der Waals surface area contributed by atoms with Crippen LogP contribution in [0.5, 0.6) is 11.6 Å². The van der Waals surface area contributed by atoms with E-state index in [0.29, 0.717) is 11.8 Å². The Kier molecular flexibility index (Phi) is 4.21. The molecule has 1 heterocycles. The maximum atomic E-state index is 13.4. The van der Waals surface area contributed by atoms with Crippen LogP contribution in [0.2, 0.25) is 0 Å². The number of pyridine rings is 1. The summed E-state index contributed by atoms with van der Waals surface area (Å²) in [5.74, 6) is -4.07. The van der Waals surface area contributed by atoms with Crippen LogP contribution in [0.25, 0.3) is 0 Å². The minimum atomic E-state index is -1.39. The molecule has 0 saturated carbocycles. The van der Waals surface area contributed by atoms with Crippen LogP contribution in [0, 0.1) is 17.6 Å². The van der Waals surface area contributed by atoms with E-state index in [1.807, 2.05) is 12.1 Å². The van der Waals surface area contributed by atoms with Gasteiger partial charge in [0.25, 0.3) is 11.8 Å². The molecule has 0 spiro atoms. The van der Waals surface area contributed by atoms with Gasteiger partial charge in [-0.3, -0.25) is 0 Å². The second kappa shape index (κ2) is 5.76. The van der Waals surface area contributed by atoms with Gasteiger partial charge in [-0.15, -0.1) is 0 Å². The Morgan fingerprint density at radius 2 is 1.67 bits per heavy atom. The zero-order valence-electron chi connectivity index (χ0n) is 12.1. The van der Waals surface area contributed by atoms with Crippen LogP contribution >= 0.6 is 0 Å². The molecule has 0 N–H and O–H groups in total. The number of ether oxygens (including phenoxy) is 1. The van der Waals surface area contributed by atoms with E-state index >= 15 is 0 Å².